The van der Waals surface area contributed by atoms with Crippen LogP contribution in [0.4, 0.5) is 0 Å². The van der Waals surface area contributed by atoms with E-state index in [0.29, 0.717) is 13.0 Å². The molecule has 1 fully saturated rings. The molecule has 0 atom stereocenters. The van der Waals surface area contributed by atoms with Crippen molar-refractivity contribution in [3.05, 3.63) is 30.1 Å². The summed E-state index contributed by atoms with van der Waals surface area (Å²) < 4.78 is 2.09. The first-order valence-electron chi connectivity index (χ1n) is 10.2. The van der Waals surface area contributed by atoms with E-state index in [9.17, 15) is 9.59 Å². The zero-order valence-electron chi connectivity index (χ0n) is 16.2. The molecule has 27 heavy (non-hydrogen) atoms. The Bertz CT molecular complexity index is 778. The second-order valence-corrected chi connectivity index (χ2v) is 7.20. The largest absolute Gasteiger partial charge is 0.356 e. The van der Waals surface area contributed by atoms with Gasteiger partial charge in [-0.3, -0.25) is 9.59 Å². The molecule has 2 heterocycles. The first-order chi connectivity index (χ1) is 13.2. The smallest absolute Gasteiger partial charge is 0.242 e. The van der Waals surface area contributed by atoms with Crippen molar-refractivity contribution in [2.75, 3.05) is 19.6 Å². The maximum absolute atomic E-state index is 12.7. The molecule has 0 saturated carbocycles. The molecular weight excluding hydrogens is 340 g/mol. The molecule has 1 saturated heterocycles. The molecule has 1 aromatic heterocycles. The average molecular weight is 370 g/mol. The van der Waals surface area contributed by atoms with E-state index in [-0.39, 0.29) is 11.8 Å². The van der Waals surface area contributed by atoms with Crippen molar-refractivity contribution in [3.8, 4) is 0 Å². The van der Waals surface area contributed by atoms with E-state index in [1.807, 2.05) is 36.1 Å². The number of imidazole rings is 1. The third-order valence-corrected chi connectivity index (χ3v) is 5.21. The Kier molecular flexibility index (Phi) is 6.85. The number of unbranched alkanes of at least 4 members (excludes halogenated alkanes) is 2. The van der Waals surface area contributed by atoms with E-state index >= 15 is 0 Å². The van der Waals surface area contributed by atoms with Crippen molar-refractivity contribution in [1.29, 1.82) is 0 Å². The third-order valence-electron chi connectivity index (χ3n) is 5.21. The minimum atomic E-state index is 0.109. The lowest BCUT2D eigenvalue weighted by Crippen LogP contribution is -2.31. The van der Waals surface area contributed by atoms with E-state index in [2.05, 4.69) is 9.88 Å². The monoisotopic (exact) mass is 370 g/mol. The minimum absolute atomic E-state index is 0.109. The van der Waals surface area contributed by atoms with Crippen LogP contribution in [0.3, 0.4) is 0 Å². The zero-order valence-corrected chi connectivity index (χ0v) is 16.2. The van der Waals surface area contributed by atoms with Crippen LogP contribution in [0.5, 0.6) is 0 Å². The fourth-order valence-corrected chi connectivity index (χ4v) is 3.63. The molecule has 1 aromatic carbocycles. The van der Waals surface area contributed by atoms with Crippen molar-refractivity contribution in [1.82, 2.24) is 19.8 Å². The van der Waals surface area contributed by atoms with Crippen molar-refractivity contribution < 1.29 is 9.59 Å². The van der Waals surface area contributed by atoms with Crippen LogP contribution in [0, 0.1) is 0 Å². The molecular formula is C21H30N4O2. The van der Waals surface area contributed by atoms with Gasteiger partial charge in [0.15, 0.2) is 0 Å². The van der Waals surface area contributed by atoms with Crippen LogP contribution < -0.4 is 5.32 Å². The van der Waals surface area contributed by atoms with Gasteiger partial charge in [-0.05, 0) is 37.8 Å². The molecule has 0 unspecified atom stereocenters. The van der Waals surface area contributed by atoms with Gasteiger partial charge in [-0.15, -0.1) is 0 Å². The Morgan fingerprint density at radius 2 is 1.89 bits per heavy atom. The summed E-state index contributed by atoms with van der Waals surface area (Å²) in [6.45, 7) is 4.73. The lowest BCUT2D eigenvalue weighted by Gasteiger charge is -2.17. The molecule has 1 aliphatic heterocycles. The topological polar surface area (TPSA) is 67.2 Å². The Balaban J connectivity index is 1.60. The number of hydrogen-bond donors (Lipinski definition) is 1. The molecule has 0 spiro atoms. The summed E-state index contributed by atoms with van der Waals surface area (Å²) in [4.78, 5) is 30.7. The Morgan fingerprint density at radius 1 is 1.11 bits per heavy atom. The van der Waals surface area contributed by atoms with E-state index in [1.165, 1.54) is 0 Å². The van der Waals surface area contributed by atoms with Gasteiger partial charge in [-0.1, -0.05) is 25.5 Å². The third kappa shape index (κ3) is 5.08. The lowest BCUT2D eigenvalue weighted by atomic mass is 10.2. The number of amides is 2. The summed E-state index contributed by atoms with van der Waals surface area (Å²) in [5, 5.41) is 2.91. The van der Waals surface area contributed by atoms with Gasteiger partial charge in [0, 0.05) is 32.5 Å². The van der Waals surface area contributed by atoms with Crippen LogP contribution in [0.15, 0.2) is 24.3 Å². The highest BCUT2D eigenvalue weighted by molar-refractivity contribution is 5.81. The molecule has 3 rings (SSSR count). The van der Waals surface area contributed by atoms with Gasteiger partial charge < -0.3 is 14.8 Å². The van der Waals surface area contributed by atoms with E-state index in [0.717, 1.165) is 75.0 Å². The average Bonchev–Trinajstić information content (AvgIpc) is 3.33. The molecule has 6 heteroatoms. The minimum Gasteiger partial charge on any atom is -0.356 e. The number of hydrogen-bond acceptors (Lipinski definition) is 3. The number of aryl methyl sites for hydroxylation is 1. The first kappa shape index (κ1) is 19.4. The van der Waals surface area contributed by atoms with Crippen LogP contribution in [-0.4, -0.2) is 45.9 Å². The van der Waals surface area contributed by atoms with Gasteiger partial charge in [-0.2, -0.15) is 0 Å². The number of carbonyl (C=O) groups is 2. The summed E-state index contributed by atoms with van der Waals surface area (Å²) in [6.07, 6.45) is 6.61. The normalized spacial score (nSPS) is 14.0. The quantitative estimate of drug-likeness (QED) is 0.690. The van der Waals surface area contributed by atoms with Crippen LogP contribution in [0.2, 0.25) is 0 Å². The van der Waals surface area contributed by atoms with Gasteiger partial charge in [0.1, 0.15) is 12.4 Å². The van der Waals surface area contributed by atoms with Crippen LogP contribution >= 0.6 is 0 Å². The predicted molar refractivity (Wildman–Crippen MR) is 106 cm³/mol. The van der Waals surface area contributed by atoms with Crippen molar-refractivity contribution in [2.45, 2.75) is 58.4 Å². The summed E-state index contributed by atoms with van der Waals surface area (Å²) in [7, 11) is 0. The molecule has 0 bridgehead atoms. The highest BCUT2D eigenvalue weighted by atomic mass is 16.2. The summed E-state index contributed by atoms with van der Waals surface area (Å²) in [5.74, 6) is 1.29. The Labute approximate surface area is 160 Å². The van der Waals surface area contributed by atoms with Crippen molar-refractivity contribution in [3.63, 3.8) is 0 Å². The SMILES string of the molecule is CCC(=O)NCCCCCc1nc2ccccc2n1CC(=O)N1CCCC1. The molecule has 2 amide bonds. The summed E-state index contributed by atoms with van der Waals surface area (Å²) >= 11 is 0. The van der Waals surface area contributed by atoms with Crippen LogP contribution in [0.25, 0.3) is 11.0 Å². The molecule has 0 radical (unpaired) electrons. The number of carbonyl (C=O) groups excluding carboxylic acids is 2. The number of para-hydroxylation sites is 2. The number of nitrogens with zero attached hydrogens (tertiary/aromatic N) is 3. The number of aromatic nitrogens is 2. The molecule has 2 aromatic rings. The van der Waals surface area contributed by atoms with E-state index < -0.39 is 0 Å². The van der Waals surface area contributed by atoms with Crippen LogP contribution in [0.1, 0.15) is 51.3 Å². The van der Waals surface area contributed by atoms with Crippen molar-refractivity contribution >= 4 is 22.8 Å². The second kappa shape index (κ2) is 9.53. The standard InChI is InChI=1S/C21H30N4O2/c1-2-20(26)22-13-7-3-4-12-19-23-17-10-5-6-11-18(17)25(19)16-21(27)24-14-8-9-15-24/h5-6,10-11H,2-4,7-9,12-16H2,1H3,(H,22,26). The summed E-state index contributed by atoms with van der Waals surface area (Å²) in [5.41, 5.74) is 1.99. The fraction of sp³-hybridized carbons (Fsp3) is 0.571. The van der Waals surface area contributed by atoms with Crippen LogP contribution in [-0.2, 0) is 22.6 Å². The van der Waals surface area contributed by atoms with E-state index in [1.54, 1.807) is 0 Å². The first-order valence-corrected chi connectivity index (χ1v) is 10.2. The van der Waals surface area contributed by atoms with Gasteiger partial charge >= 0.3 is 0 Å². The predicted octanol–water partition coefficient (Wildman–Crippen LogP) is 2.90. The number of rotatable bonds is 9. The maximum atomic E-state index is 12.7. The number of likely N-dealkylation sites (tertiary alicyclic amines) is 1. The molecule has 6 nitrogen and oxygen atoms in total. The second-order valence-electron chi connectivity index (χ2n) is 7.20. The Hall–Kier alpha value is -2.37. The van der Waals surface area contributed by atoms with Gasteiger partial charge in [-0.25, -0.2) is 4.98 Å². The maximum Gasteiger partial charge on any atom is 0.242 e. The number of fused-ring (bicyclic) bond motifs is 1. The van der Waals surface area contributed by atoms with Gasteiger partial charge in [0.05, 0.1) is 11.0 Å². The summed E-state index contributed by atoms with van der Waals surface area (Å²) in [6, 6.07) is 8.04. The highest BCUT2D eigenvalue weighted by Crippen LogP contribution is 2.19. The molecule has 1 N–H and O–H groups in total. The molecule has 1 aliphatic rings. The number of benzene rings is 1. The zero-order chi connectivity index (χ0) is 19.1. The Morgan fingerprint density at radius 3 is 2.67 bits per heavy atom. The molecule has 146 valence electrons. The van der Waals surface area contributed by atoms with Gasteiger partial charge in [0.2, 0.25) is 11.8 Å². The van der Waals surface area contributed by atoms with Crippen molar-refractivity contribution in [2.24, 2.45) is 0 Å². The number of nitrogens with one attached hydrogen (secondary N) is 1. The highest BCUT2D eigenvalue weighted by Gasteiger charge is 2.20. The fourth-order valence-electron chi connectivity index (χ4n) is 3.63. The van der Waals surface area contributed by atoms with Gasteiger partial charge in [0.25, 0.3) is 0 Å². The van der Waals surface area contributed by atoms with E-state index in [4.69, 9.17) is 4.98 Å². The molecule has 0 aliphatic carbocycles. The lowest BCUT2D eigenvalue weighted by molar-refractivity contribution is -0.130.